The Morgan fingerprint density at radius 2 is 0.887 bits per heavy atom. The molecule has 0 radical (unpaired) electrons. The third-order valence-corrected chi connectivity index (χ3v) is 11.0. The molecule has 0 aromatic heterocycles. The molecule has 62 heavy (non-hydrogen) atoms. The monoisotopic (exact) mass is 908 g/mol. The molecule has 5 aliphatic heterocycles. The minimum atomic E-state index is -2.15. The van der Waals surface area contributed by atoms with Crippen LogP contribution in [0.15, 0.2) is 0 Å². The maximum atomic E-state index is 12.5. The number of aliphatic hydroxyl groups is 13. The summed E-state index contributed by atoms with van der Waals surface area (Å²) in [6, 6.07) is -3.20. The van der Waals surface area contributed by atoms with Crippen LogP contribution in [0.2, 0.25) is 0 Å². The molecule has 28 heteroatoms. The summed E-state index contributed by atoms with van der Waals surface area (Å²) in [6.45, 7) is 0.661. The van der Waals surface area contributed by atoms with Gasteiger partial charge in [-0.1, -0.05) is 0 Å². The molecule has 0 unspecified atom stereocenters. The van der Waals surface area contributed by atoms with E-state index >= 15 is 0 Å². The lowest BCUT2D eigenvalue weighted by molar-refractivity contribution is -0.383. The van der Waals surface area contributed by atoms with Gasteiger partial charge in [-0.3, -0.25) is 9.59 Å². The summed E-state index contributed by atoms with van der Waals surface area (Å²) < 4.78 is 50.5. The standard InChI is InChI=1S/C34H56N2O26/c1-7-24(20(47)22(49)32(54-7)59-25-13(35-8(2)40)30(53)55-10(4-37)15(25)42)58-34-23(50)27(17(44)12(6-39)57-34)61-31-14(36-9(3)41)26(16(43)11(5-38)56-31)60-33-21(48)18(45)19(46)28(62-33)29(51)52/h7,10-28,30-34,37-39,42-50,53H,4-6H2,1-3H3,(H,35,40)(H,36,41)(H,51,52)/t7-,10+,11+,12+,13+,14+,15+,16-,17-,18-,19+,20-,21+,22+,23+,24-,25+,26+,27-,28-,30+,31-,32-,33-,34+/m0/s1. The first-order valence-corrected chi connectivity index (χ1v) is 19.4. The first-order chi connectivity index (χ1) is 29.1. The molecule has 5 saturated heterocycles. The smallest absolute Gasteiger partial charge is 0.335 e. The average Bonchev–Trinajstić information content (AvgIpc) is 3.21. The molecule has 0 spiro atoms. The molecule has 0 aromatic rings. The summed E-state index contributed by atoms with van der Waals surface area (Å²) in [6.07, 6.45) is -43.0. The van der Waals surface area contributed by atoms with Gasteiger partial charge in [0.2, 0.25) is 11.8 Å². The Hall–Kier alpha value is -2.47. The largest absolute Gasteiger partial charge is 0.479 e. The number of ether oxygens (including phenoxy) is 9. The summed E-state index contributed by atoms with van der Waals surface area (Å²) in [7, 11) is 0. The Labute approximate surface area is 350 Å². The lowest BCUT2D eigenvalue weighted by atomic mass is 9.94. The SMILES string of the molecule is CC(=O)N[C@@H]1[C@@H](O[C@@H]2O[C@@H](C)[C@H](O[C@H]3O[C@H](CO)[C@H](O)[C@H](O[C@@H]4O[C@H](CO)[C@H](O)[C@H](O[C@H]5O[C@H](C(=O)O)[C@H](O)[C@H](O)[C@H]5O)[C@H]4NC(C)=O)[C@H]3O)[C@@H](O)[C@H]2O)[C@H](O)[C@@H](CO)O[C@H]1O. The number of aliphatic carboxylic acids is 1. The zero-order valence-electron chi connectivity index (χ0n) is 33.2. The van der Waals surface area contributed by atoms with Crippen LogP contribution in [0.1, 0.15) is 20.8 Å². The molecule has 358 valence electrons. The van der Waals surface area contributed by atoms with Crippen LogP contribution in [0.5, 0.6) is 0 Å². The molecule has 16 N–H and O–H groups in total. The number of carboxylic acid groups (broad SMARTS) is 1. The summed E-state index contributed by atoms with van der Waals surface area (Å²) in [4.78, 5) is 36.0. The van der Waals surface area contributed by atoms with Gasteiger partial charge >= 0.3 is 5.97 Å². The molecule has 0 aliphatic carbocycles. The number of rotatable bonds is 14. The van der Waals surface area contributed by atoms with Gasteiger partial charge in [0.1, 0.15) is 110 Å². The molecule has 28 nitrogen and oxygen atoms in total. The highest BCUT2D eigenvalue weighted by Crippen LogP contribution is 2.36. The number of amides is 2. The molecule has 0 aromatic carbocycles. The molecular weight excluding hydrogens is 852 g/mol. The molecule has 5 rings (SSSR count). The molecule has 0 saturated carbocycles. The second-order valence-electron chi connectivity index (χ2n) is 15.4. The van der Waals surface area contributed by atoms with Crippen molar-refractivity contribution in [3.05, 3.63) is 0 Å². The van der Waals surface area contributed by atoms with Crippen molar-refractivity contribution in [1.82, 2.24) is 10.6 Å². The van der Waals surface area contributed by atoms with Crippen LogP contribution in [0.4, 0.5) is 0 Å². The number of hydrogen-bond acceptors (Lipinski definition) is 25. The fourth-order valence-electron chi connectivity index (χ4n) is 7.79. The maximum absolute atomic E-state index is 12.5. The quantitative estimate of drug-likeness (QED) is 0.0769. The fourth-order valence-corrected chi connectivity index (χ4v) is 7.79. The van der Waals surface area contributed by atoms with E-state index in [0.717, 1.165) is 13.8 Å². The second kappa shape index (κ2) is 21.2. The van der Waals surface area contributed by atoms with Crippen molar-refractivity contribution < 1.29 is 129 Å². The van der Waals surface area contributed by atoms with Crippen LogP contribution in [-0.2, 0) is 57.0 Å². The van der Waals surface area contributed by atoms with E-state index in [9.17, 15) is 85.9 Å². The first-order valence-electron chi connectivity index (χ1n) is 19.4. The maximum Gasteiger partial charge on any atom is 0.335 e. The normalized spacial score (nSPS) is 48.9. The van der Waals surface area contributed by atoms with Crippen molar-refractivity contribution in [2.45, 2.75) is 174 Å². The topological polar surface area (TPSA) is 442 Å². The third kappa shape index (κ3) is 10.6. The molecule has 5 fully saturated rings. The number of carbonyl (C=O) groups excluding carboxylic acids is 2. The van der Waals surface area contributed by atoms with Gasteiger partial charge in [-0.05, 0) is 6.92 Å². The summed E-state index contributed by atoms with van der Waals surface area (Å²) in [5.74, 6) is -3.30. The van der Waals surface area contributed by atoms with E-state index in [1.165, 1.54) is 6.92 Å². The van der Waals surface area contributed by atoms with Crippen molar-refractivity contribution in [2.24, 2.45) is 0 Å². The third-order valence-electron chi connectivity index (χ3n) is 11.0. The minimum Gasteiger partial charge on any atom is -0.479 e. The molecule has 5 aliphatic rings. The van der Waals surface area contributed by atoms with Crippen LogP contribution in [-0.4, -0.2) is 263 Å². The van der Waals surface area contributed by atoms with E-state index < -0.39 is 191 Å². The van der Waals surface area contributed by atoms with E-state index in [1.54, 1.807) is 0 Å². The van der Waals surface area contributed by atoms with Crippen LogP contribution >= 0.6 is 0 Å². The van der Waals surface area contributed by atoms with E-state index in [1.807, 2.05) is 0 Å². The number of hydrogen-bond donors (Lipinski definition) is 16. The zero-order valence-corrected chi connectivity index (χ0v) is 33.2. The van der Waals surface area contributed by atoms with Crippen LogP contribution in [0, 0.1) is 0 Å². The summed E-state index contributed by atoms with van der Waals surface area (Å²) >= 11 is 0. The Kier molecular flexibility index (Phi) is 17.3. The van der Waals surface area contributed by atoms with Gasteiger partial charge < -0.3 is 125 Å². The van der Waals surface area contributed by atoms with E-state index in [0.29, 0.717) is 0 Å². The summed E-state index contributed by atoms with van der Waals surface area (Å²) in [5.41, 5.74) is 0. The van der Waals surface area contributed by atoms with Crippen molar-refractivity contribution in [3.63, 3.8) is 0 Å². The number of carboxylic acids is 1. The lowest BCUT2D eigenvalue weighted by Gasteiger charge is -2.50. The van der Waals surface area contributed by atoms with Crippen molar-refractivity contribution in [1.29, 1.82) is 0 Å². The minimum absolute atomic E-state index is 0.682. The first kappa shape index (κ1) is 50.5. The highest BCUT2D eigenvalue weighted by Gasteiger charge is 2.57. The van der Waals surface area contributed by atoms with Gasteiger partial charge in [0.25, 0.3) is 0 Å². The molecule has 2 amide bonds. The Balaban J connectivity index is 1.35. The lowest BCUT2D eigenvalue weighted by Crippen LogP contribution is -2.70. The highest BCUT2D eigenvalue weighted by molar-refractivity contribution is 5.74. The fraction of sp³-hybridized carbons (Fsp3) is 0.912. The second-order valence-corrected chi connectivity index (χ2v) is 15.4. The van der Waals surface area contributed by atoms with Crippen molar-refractivity contribution in [2.75, 3.05) is 19.8 Å². The van der Waals surface area contributed by atoms with Crippen LogP contribution in [0.3, 0.4) is 0 Å². The summed E-state index contributed by atoms with van der Waals surface area (Å²) in [5, 5.41) is 153. The van der Waals surface area contributed by atoms with Gasteiger partial charge in [0.15, 0.2) is 37.6 Å². The molecule has 5 heterocycles. The van der Waals surface area contributed by atoms with E-state index in [-0.39, 0.29) is 0 Å². The van der Waals surface area contributed by atoms with Crippen molar-refractivity contribution in [3.8, 4) is 0 Å². The van der Waals surface area contributed by atoms with E-state index in [2.05, 4.69) is 10.6 Å². The molecular formula is C34H56N2O26. The van der Waals surface area contributed by atoms with Gasteiger partial charge in [-0.2, -0.15) is 0 Å². The Bertz CT molecular complexity index is 1500. The van der Waals surface area contributed by atoms with Gasteiger partial charge in [-0.25, -0.2) is 4.79 Å². The highest BCUT2D eigenvalue weighted by atomic mass is 16.8. The molecule has 0 bridgehead atoms. The number of aliphatic hydroxyl groups excluding tert-OH is 13. The predicted octanol–water partition coefficient (Wildman–Crippen LogP) is -10.5. The molecule has 25 atom stereocenters. The Morgan fingerprint density at radius 1 is 0.468 bits per heavy atom. The number of carbonyl (C=O) groups is 3. The van der Waals surface area contributed by atoms with Gasteiger partial charge in [0.05, 0.1) is 25.9 Å². The number of nitrogens with one attached hydrogen (secondary N) is 2. The Morgan fingerprint density at radius 3 is 1.42 bits per heavy atom. The van der Waals surface area contributed by atoms with Crippen LogP contribution < -0.4 is 10.6 Å². The van der Waals surface area contributed by atoms with Crippen LogP contribution in [0.25, 0.3) is 0 Å². The van der Waals surface area contributed by atoms with E-state index in [4.69, 9.17) is 42.6 Å². The van der Waals surface area contributed by atoms with Gasteiger partial charge in [-0.15, -0.1) is 0 Å². The predicted molar refractivity (Wildman–Crippen MR) is 189 cm³/mol. The zero-order chi connectivity index (χ0) is 46.1. The van der Waals surface area contributed by atoms with Crippen molar-refractivity contribution >= 4 is 17.8 Å². The van der Waals surface area contributed by atoms with Gasteiger partial charge in [0, 0.05) is 13.8 Å². The average molecular weight is 909 g/mol.